The molecule has 0 aliphatic heterocycles. The minimum atomic E-state index is -4.24. The summed E-state index contributed by atoms with van der Waals surface area (Å²) in [6, 6.07) is 13.9. The summed E-state index contributed by atoms with van der Waals surface area (Å²) in [5.41, 5.74) is 3.89. The molecule has 3 aromatic rings. The average Bonchev–Trinajstić information content (AvgIpc) is 3.30. The molecule has 0 saturated carbocycles. The Morgan fingerprint density at radius 1 is 1.03 bits per heavy atom. The van der Waals surface area contributed by atoms with E-state index in [1.54, 1.807) is 30.3 Å². The number of amides is 1. The fraction of sp³-hybridized carbons (Fsp3) is 0.250. The van der Waals surface area contributed by atoms with E-state index in [0.29, 0.717) is 11.4 Å². The normalized spacial score (nSPS) is 11.2. The van der Waals surface area contributed by atoms with Crippen LogP contribution in [0.3, 0.4) is 0 Å². The summed E-state index contributed by atoms with van der Waals surface area (Å²) in [4.78, 5) is 24.8. The van der Waals surface area contributed by atoms with E-state index < -0.39 is 28.4 Å². The molecule has 0 bridgehead atoms. The zero-order valence-electron chi connectivity index (χ0n) is 18.9. The van der Waals surface area contributed by atoms with Crippen LogP contribution in [0.25, 0.3) is 0 Å². The molecule has 1 heterocycles. The molecule has 2 aromatic carbocycles. The maximum Gasteiger partial charge on any atom is 0.349 e. The number of hydrogen-bond acceptors (Lipinski definition) is 6. The summed E-state index contributed by atoms with van der Waals surface area (Å²) in [7, 11) is -3.05. The molecular weight excluding hydrogens is 460 g/mol. The van der Waals surface area contributed by atoms with Crippen LogP contribution in [-0.4, -0.2) is 33.9 Å². The second kappa shape index (κ2) is 10.2. The van der Waals surface area contributed by atoms with Crippen LogP contribution in [0.2, 0.25) is 0 Å². The molecule has 1 amide bonds. The highest BCUT2D eigenvalue weighted by molar-refractivity contribution is 7.93. The first-order chi connectivity index (χ1) is 15.7. The van der Waals surface area contributed by atoms with E-state index in [2.05, 4.69) is 5.32 Å². The van der Waals surface area contributed by atoms with Crippen molar-refractivity contribution >= 4 is 44.6 Å². The van der Waals surface area contributed by atoms with Gasteiger partial charge in [0, 0.05) is 5.69 Å². The monoisotopic (exact) mass is 486 g/mol. The number of ether oxygens (including phenoxy) is 1. The zero-order valence-corrected chi connectivity index (χ0v) is 20.5. The zero-order chi connectivity index (χ0) is 24.2. The van der Waals surface area contributed by atoms with Crippen LogP contribution in [0.5, 0.6) is 0 Å². The number of anilines is 2. The Bertz CT molecular complexity index is 1260. The Morgan fingerprint density at radius 3 is 2.33 bits per heavy atom. The van der Waals surface area contributed by atoms with Crippen LogP contribution in [0, 0.1) is 13.8 Å². The summed E-state index contributed by atoms with van der Waals surface area (Å²) in [5, 5.41) is 4.26. The highest BCUT2D eigenvalue weighted by Gasteiger charge is 2.32. The molecule has 1 aromatic heterocycles. The molecule has 0 radical (unpaired) electrons. The van der Waals surface area contributed by atoms with E-state index in [0.717, 1.165) is 38.8 Å². The maximum atomic E-state index is 13.6. The van der Waals surface area contributed by atoms with Crippen molar-refractivity contribution < 1.29 is 22.7 Å². The third-order valence-corrected chi connectivity index (χ3v) is 8.12. The Hall–Kier alpha value is -3.17. The van der Waals surface area contributed by atoms with Gasteiger partial charge < -0.3 is 10.1 Å². The lowest BCUT2D eigenvalue weighted by Gasteiger charge is -2.25. The van der Waals surface area contributed by atoms with Gasteiger partial charge in [-0.25, -0.2) is 13.2 Å². The maximum absolute atomic E-state index is 13.6. The van der Waals surface area contributed by atoms with E-state index in [4.69, 9.17) is 4.74 Å². The minimum Gasteiger partial charge on any atom is -0.465 e. The molecule has 0 aliphatic rings. The highest BCUT2D eigenvalue weighted by atomic mass is 32.2. The summed E-state index contributed by atoms with van der Waals surface area (Å²) in [6.45, 7) is 5.35. The second-order valence-corrected chi connectivity index (χ2v) is 10.2. The van der Waals surface area contributed by atoms with Gasteiger partial charge in [0.25, 0.3) is 10.0 Å². The minimum absolute atomic E-state index is 0.0399. The van der Waals surface area contributed by atoms with Gasteiger partial charge in [-0.1, -0.05) is 25.1 Å². The molecule has 33 heavy (non-hydrogen) atoms. The fourth-order valence-corrected chi connectivity index (χ4v) is 5.94. The van der Waals surface area contributed by atoms with Gasteiger partial charge in [-0.05, 0) is 72.7 Å². The van der Waals surface area contributed by atoms with Gasteiger partial charge in [0.1, 0.15) is 16.3 Å². The predicted octanol–water partition coefficient (Wildman–Crippen LogP) is 4.55. The van der Waals surface area contributed by atoms with Gasteiger partial charge in [-0.2, -0.15) is 0 Å². The molecule has 0 saturated heterocycles. The van der Waals surface area contributed by atoms with Gasteiger partial charge in [0.15, 0.2) is 0 Å². The lowest BCUT2D eigenvalue weighted by molar-refractivity contribution is -0.114. The Kier molecular flexibility index (Phi) is 7.55. The smallest absolute Gasteiger partial charge is 0.349 e. The standard InChI is InChI=1S/C24H26N2O5S2/c1-5-18-7-9-19(10-8-18)25-22(27)15-26(20-11-6-16(2)17(3)14-20)33(29,30)21-12-13-32-23(21)24(28)31-4/h6-14H,5,15H2,1-4H3,(H,25,27). The van der Waals surface area contributed by atoms with Crippen molar-refractivity contribution in [2.24, 2.45) is 0 Å². The molecule has 0 aliphatic carbocycles. The van der Waals surface area contributed by atoms with E-state index in [-0.39, 0.29) is 9.77 Å². The molecule has 3 rings (SSSR count). The third kappa shape index (κ3) is 5.43. The van der Waals surface area contributed by atoms with Crippen molar-refractivity contribution in [3.8, 4) is 0 Å². The van der Waals surface area contributed by atoms with Crippen molar-refractivity contribution in [2.75, 3.05) is 23.3 Å². The summed E-state index contributed by atoms with van der Waals surface area (Å²) in [5.74, 6) is -1.25. The van der Waals surface area contributed by atoms with Crippen LogP contribution < -0.4 is 9.62 Å². The van der Waals surface area contributed by atoms with E-state index in [9.17, 15) is 18.0 Å². The van der Waals surface area contributed by atoms with Crippen LogP contribution >= 0.6 is 11.3 Å². The SMILES string of the molecule is CCc1ccc(NC(=O)CN(c2ccc(C)c(C)c2)S(=O)(=O)c2ccsc2C(=O)OC)cc1. The molecule has 1 N–H and O–H groups in total. The first-order valence-corrected chi connectivity index (χ1v) is 12.6. The number of nitrogens with one attached hydrogen (secondary N) is 1. The number of aryl methyl sites for hydroxylation is 3. The number of methoxy groups -OCH3 is 1. The van der Waals surface area contributed by atoms with Crippen molar-refractivity contribution in [1.29, 1.82) is 0 Å². The Labute approximate surface area is 198 Å². The van der Waals surface area contributed by atoms with Crippen molar-refractivity contribution in [3.63, 3.8) is 0 Å². The largest absolute Gasteiger partial charge is 0.465 e. The first-order valence-electron chi connectivity index (χ1n) is 10.3. The number of carbonyl (C=O) groups excluding carboxylic acids is 2. The van der Waals surface area contributed by atoms with E-state index >= 15 is 0 Å². The van der Waals surface area contributed by atoms with Gasteiger partial charge in [0.2, 0.25) is 5.91 Å². The number of sulfonamides is 1. The van der Waals surface area contributed by atoms with Crippen LogP contribution in [0.15, 0.2) is 58.8 Å². The third-order valence-electron chi connectivity index (χ3n) is 5.28. The molecule has 0 atom stereocenters. The summed E-state index contributed by atoms with van der Waals surface area (Å²) in [6.07, 6.45) is 0.871. The molecule has 7 nitrogen and oxygen atoms in total. The molecular formula is C24H26N2O5S2. The van der Waals surface area contributed by atoms with Crippen molar-refractivity contribution in [3.05, 3.63) is 75.5 Å². The highest BCUT2D eigenvalue weighted by Crippen LogP contribution is 2.30. The number of rotatable bonds is 8. The van der Waals surface area contributed by atoms with Gasteiger partial charge >= 0.3 is 5.97 Å². The fourth-order valence-electron chi connectivity index (χ4n) is 3.21. The summed E-state index contributed by atoms with van der Waals surface area (Å²) >= 11 is 0.971. The number of carbonyl (C=O) groups is 2. The van der Waals surface area contributed by atoms with Crippen LogP contribution in [0.1, 0.15) is 33.3 Å². The molecule has 0 fully saturated rings. The van der Waals surface area contributed by atoms with Gasteiger partial charge in [-0.15, -0.1) is 11.3 Å². The van der Waals surface area contributed by atoms with Crippen molar-refractivity contribution in [2.45, 2.75) is 32.1 Å². The van der Waals surface area contributed by atoms with Gasteiger partial charge in [-0.3, -0.25) is 9.10 Å². The molecule has 9 heteroatoms. The number of thiophene rings is 1. The van der Waals surface area contributed by atoms with E-state index in [1.165, 1.54) is 18.6 Å². The number of benzene rings is 2. The Balaban J connectivity index is 1.99. The number of hydrogen-bond donors (Lipinski definition) is 1. The quantitative estimate of drug-likeness (QED) is 0.472. The van der Waals surface area contributed by atoms with Crippen molar-refractivity contribution in [1.82, 2.24) is 0 Å². The Morgan fingerprint density at radius 2 is 1.73 bits per heavy atom. The summed E-state index contributed by atoms with van der Waals surface area (Å²) < 4.78 is 33.1. The van der Waals surface area contributed by atoms with E-state index in [1.807, 2.05) is 32.9 Å². The lowest BCUT2D eigenvalue weighted by Crippen LogP contribution is -2.38. The molecule has 0 spiro atoms. The second-order valence-electron chi connectivity index (χ2n) is 7.48. The predicted molar refractivity (Wildman–Crippen MR) is 131 cm³/mol. The lowest BCUT2D eigenvalue weighted by atomic mass is 10.1. The van der Waals surface area contributed by atoms with Gasteiger partial charge in [0.05, 0.1) is 12.8 Å². The molecule has 0 unspecified atom stereocenters. The first kappa shape index (κ1) is 24.5. The molecule has 174 valence electrons. The number of esters is 1. The number of nitrogens with zero attached hydrogens (tertiary/aromatic N) is 1. The topological polar surface area (TPSA) is 92.8 Å². The van der Waals surface area contributed by atoms with Crippen LogP contribution in [-0.2, 0) is 26.0 Å². The average molecular weight is 487 g/mol. The van der Waals surface area contributed by atoms with Crippen LogP contribution in [0.4, 0.5) is 11.4 Å².